The smallest absolute Gasteiger partial charge is 0.223 e. The molecule has 1 aromatic heterocycles. The number of anilines is 1. The number of piperidine rings is 1. The minimum absolute atomic E-state index is 0.289. The molecule has 7 heteroatoms. The number of thiazole rings is 1. The zero-order valence-corrected chi connectivity index (χ0v) is 16.6. The second-order valence-electron chi connectivity index (χ2n) is 7.14. The molecular formula is C19H24ClN3O2S. The summed E-state index contributed by atoms with van der Waals surface area (Å²) >= 11 is 7.95. The van der Waals surface area contributed by atoms with Crippen LogP contribution in [0, 0.1) is 12.8 Å². The molecule has 2 aromatic rings. The van der Waals surface area contributed by atoms with Crippen molar-refractivity contribution in [1.29, 1.82) is 0 Å². The third-order valence-corrected chi connectivity index (χ3v) is 6.94. The second-order valence-corrected chi connectivity index (χ2v) is 8.56. The molecule has 140 valence electrons. The van der Waals surface area contributed by atoms with Crippen molar-refractivity contribution < 1.29 is 9.53 Å². The van der Waals surface area contributed by atoms with Crippen LogP contribution in [0.25, 0.3) is 10.2 Å². The number of carbonyl (C=O) groups excluding carboxylic acids is 1. The Hall–Kier alpha value is -1.37. The van der Waals surface area contributed by atoms with E-state index in [0.717, 1.165) is 60.3 Å². The van der Waals surface area contributed by atoms with E-state index in [2.05, 4.69) is 11.0 Å². The standard InChI is InChI=1S/C19H24ClN3O2S/c1-13-15(20)2-3-16-18(13)21-19(26-16)23-6-4-14(5-7-23)12-17(24)22-8-10-25-11-9-22/h2-3,14H,4-12H2,1H3. The fraction of sp³-hybridized carbons (Fsp3) is 0.579. The number of nitrogens with zero attached hydrogens (tertiary/aromatic N) is 3. The molecule has 2 fully saturated rings. The van der Waals surface area contributed by atoms with Crippen LogP contribution >= 0.6 is 22.9 Å². The number of carbonyl (C=O) groups is 1. The predicted molar refractivity (Wildman–Crippen MR) is 106 cm³/mol. The minimum Gasteiger partial charge on any atom is -0.378 e. The number of morpholine rings is 1. The van der Waals surface area contributed by atoms with Crippen molar-refractivity contribution in [2.45, 2.75) is 26.2 Å². The summed E-state index contributed by atoms with van der Waals surface area (Å²) < 4.78 is 6.52. The van der Waals surface area contributed by atoms with Gasteiger partial charge in [0.1, 0.15) is 0 Å². The van der Waals surface area contributed by atoms with Gasteiger partial charge >= 0.3 is 0 Å². The molecule has 2 aliphatic heterocycles. The normalized spacial score (nSPS) is 19.3. The van der Waals surface area contributed by atoms with Gasteiger partial charge < -0.3 is 14.5 Å². The lowest BCUT2D eigenvalue weighted by Gasteiger charge is -2.33. The number of aromatic nitrogens is 1. The molecule has 0 unspecified atom stereocenters. The molecular weight excluding hydrogens is 370 g/mol. The zero-order chi connectivity index (χ0) is 18.1. The van der Waals surface area contributed by atoms with E-state index in [1.165, 1.54) is 4.70 Å². The SMILES string of the molecule is Cc1c(Cl)ccc2sc(N3CCC(CC(=O)N4CCOCC4)CC3)nc12. The predicted octanol–water partition coefficient (Wildman–Crippen LogP) is 3.72. The van der Waals surface area contributed by atoms with Crippen LogP contribution in [0.2, 0.25) is 5.02 Å². The lowest BCUT2D eigenvalue weighted by atomic mass is 9.93. The quantitative estimate of drug-likeness (QED) is 0.797. The van der Waals surface area contributed by atoms with Gasteiger partial charge in [0.2, 0.25) is 5.91 Å². The molecule has 26 heavy (non-hydrogen) atoms. The van der Waals surface area contributed by atoms with Crippen molar-refractivity contribution in [2.75, 3.05) is 44.3 Å². The highest BCUT2D eigenvalue weighted by atomic mass is 35.5. The summed E-state index contributed by atoms with van der Waals surface area (Å²) in [6.45, 7) is 6.78. The Morgan fingerprint density at radius 3 is 2.73 bits per heavy atom. The Kier molecular flexibility index (Phi) is 5.34. The van der Waals surface area contributed by atoms with Crippen LogP contribution in [0.1, 0.15) is 24.8 Å². The Balaban J connectivity index is 1.36. The summed E-state index contributed by atoms with van der Waals surface area (Å²) in [5.41, 5.74) is 2.07. The molecule has 1 amide bonds. The van der Waals surface area contributed by atoms with Gasteiger partial charge in [-0.25, -0.2) is 4.98 Å². The number of fused-ring (bicyclic) bond motifs is 1. The molecule has 5 nitrogen and oxygen atoms in total. The molecule has 0 aliphatic carbocycles. The monoisotopic (exact) mass is 393 g/mol. The number of rotatable bonds is 3. The molecule has 3 heterocycles. The molecule has 0 spiro atoms. The summed E-state index contributed by atoms with van der Waals surface area (Å²) in [4.78, 5) is 21.6. The second kappa shape index (κ2) is 7.71. The molecule has 0 saturated carbocycles. The van der Waals surface area contributed by atoms with Gasteiger partial charge in [-0.2, -0.15) is 0 Å². The lowest BCUT2D eigenvalue weighted by Crippen LogP contribution is -2.42. The fourth-order valence-electron chi connectivity index (χ4n) is 3.74. The van der Waals surface area contributed by atoms with Gasteiger partial charge in [0, 0.05) is 37.6 Å². The molecule has 2 aliphatic rings. The number of hydrogen-bond acceptors (Lipinski definition) is 5. The third kappa shape index (κ3) is 3.68. The van der Waals surface area contributed by atoms with Crippen LogP contribution in [-0.4, -0.2) is 55.2 Å². The summed E-state index contributed by atoms with van der Waals surface area (Å²) in [6, 6.07) is 4.00. The van der Waals surface area contributed by atoms with E-state index >= 15 is 0 Å². The van der Waals surface area contributed by atoms with E-state index in [4.69, 9.17) is 21.3 Å². The Bertz CT molecular complexity index is 795. The average Bonchev–Trinajstić information content (AvgIpc) is 3.11. The van der Waals surface area contributed by atoms with Gasteiger partial charge in [0.25, 0.3) is 0 Å². The summed E-state index contributed by atoms with van der Waals surface area (Å²) in [5.74, 6) is 0.768. The van der Waals surface area contributed by atoms with E-state index in [-0.39, 0.29) is 5.91 Å². The topological polar surface area (TPSA) is 45.7 Å². The number of amides is 1. The number of hydrogen-bond donors (Lipinski definition) is 0. The summed E-state index contributed by atoms with van der Waals surface area (Å²) in [6.07, 6.45) is 2.76. The van der Waals surface area contributed by atoms with E-state index in [9.17, 15) is 4.79 Å². The zero-order valence-electron chi connectivity index (χ0n) is 15.0. The van der Waals surface area contributed by atoms with Gasteiger partial charge in [0.15, 0.2) is 5.13 Å². The molecule has 0 atom stereocenters. The number of benzene rings is 1. The average molecular weight is 394 g/mol. The van der Waals surface area contributed by atoms with Crippen molar-refractivity contribution in [3.63, 3.8) is 0 Å². The van der Waals surface area contributed by atoms with E-state index in [1.807, 2.05) is 17.9 Å². The highest BCUT2D eigenvalue weighted by Gasteiger charge is 2.26. The van der Waals surface area contributed by atoms with Gasteiger partial charge in [-0.15, -0.1) is 0 Å². The van der Waals surface area contributed by atoms with Gasteiger partial charge in [-0.05, 0) is 43.4 Å². The maximum absolute atomic E-state index is 12.4. The van der Waals surface area contributed by atoms with Crippen molar-refractivity contribution in [3.8, 4) is 0 Å². The minimum atomic E-state index is 0.289. The van der Waals surface area contributed by atoms with E-state index < -0.39 is 0 Å². The molecule has 2 saturated heterocycles. The Morgan fingerprint density at radius 2 is 2.00 bits per heavy atom. The first-order chi connectivity index (χ1) is 12.6. The van der Waals surface area contributed by atoms with Crippen molar-refractivity contribution in [2.24, 2.45) is 5.92 Å². The van der Waals surface area contributed by atoms with Crippen LogP contribution in [0.4, 0.5) is 5.13 Å². The van der Waals surface area contributed by atoms with Crippen molar-refractivity contribution in [1.82, 2.24) is 9.88 Å². The molecule has 4 rings (SSSR count). The molecule has 0 bridgehead atoms. The molecule has 0 radical (unpaired) electrons. The van der Waals surface area contributed by atoms with Crippen molar-refractivity contribution >= 4 is 44.2 Å². The van der Waals surface area contributed by atoms with E-state index in [1.54, 1.807) is 11.3 Å². The van der Waals surface area contributed by atoms with Crippen LogP contribution in [0.15, 0.2) is 12.1 Å². The van der Waals surface area contributed by atoms with Gasteiger partial charge in [0.05, 0.1) is 23.4 Å². The van der Waals surface area contributed by atoms with Gasteiger partial charge in [-0.1, -0.05) is 22.9 Å². The number of halogens is 1. The third-order valence-electron chi connectivity index (χ3n) is 5.45. The Morgan fingerprint density at radius 1 is 1.27 bits per heavy atom. The fourth-order valence-corrected chi connectivity index (χ4v) is 4.97. The van der Waals surface area contributed by atoms with Crippen molar-refractivity contribution in [3.05, 3.63) is 22.7 Å². The van der Waals surface area contributed by atoms with Gasteiger partial charge in [-0.3, -0.25) is 4.79 Å². The first-order valence-electron chi connectivity index (χ1n) is 9.28. The largest absolute Gasteiger partial charge is 0.378 e. The number of aryl methyl sites for hydroxylation is 1. The molecule has 0 N–H and O–H groups in total. The molecule has 1 aromatic carbocycles. The number of ether oxygens (including phenoxy) is 1. The Labute approximate surface area is 162 Å². The summed E-state index contributed by atoms with van der Waals surface area (Å²) in [7, 11) is 0. The first kappa shape index (κ1) is 18.0. The maximum Gasteiger partial charge on any atom is 0.223 e. The highest BCUT2D eigenvalue weighted by Crippen LogP contribution is 2.35. The summed E-state index contributed by atoms with van der Waals surface area (Å²) in [5, 5.41) is 1.85. The maximum atomic E-state index is 12.4. The first-order valence-corrected chi connectivity index (χ1v) is 10.5. The lowest BCUT2D eigenvalue weighted by molar-refractivity contribution is -0.136. The van der Waals surface area contributed by atoms with Crippen LogP contribution < -0.4 is 4.90 Å². The van der Waals surface area contributed by atoms with Crippen LogP contribution in [0.5, 0.6) is 0 Å². The highest BCUT2D eigenvalue weighted by molar-refractivity contribution is 7.22. The van der Waals surface area contributed by atoms with E-state index in [0.29, 0.717) is 25.6 Å². The van der Waals surface area contributed by atoms with Crippen LogP contribution in [0.3, 0.4) is 0 Å². The van der Waals surface area contributed by atoms with Crippen LogP contribution in [-0.2, 0) is 9.53 Å².